The van der Waals surface area contributed by atoms with Crippen molar-refractivity contribution in [2.75, 3.05) is 0 Å². The molecule has 0 aliphatic heterocycles. The SMILES string of the molecule is Cc1cccc(C)c1-c1c[n+](C)n2c1c1ccccc1c1nccc(C)c12. The van der Waals surface area contributed by atoms with Crippen LogP contribution in [0, 0.1) is 20.8 Å². The number of fused-ring (bicyclic) bond motifs is 6. The van der Waals surface area contributed by atoms with Gasteiger partial charge in [0.05, 0.1) is 5.56 Å². The lowest BCUT2D eigenvalue weighted by Crippen LogP contribution is -2.34. The molecule has 2 aromatic carbocycles. The largest absolute Gasteiger partial charge is 0.254 e. The van der Waals surface area contributed by atoms with Crippen molar-refractivity contribution >= 4 is 27.3 Å². The number of aromatic nitrogens is 3. The van der Waals surface area contributed by atoms with Gasteiger partial charge in [-0.3, -0.25) is 4.98 Å². The molecule has 3 heterocycles. The Kier molecular flexibility index (Phi) is 3.35. The average molecular weight is 352 g/mol. The van der Waals surface area contributed by atoms with E-state index >= 15 is 0 Å². The summed E-state index contributed by atoms with van der Waals surface area (Å²) >= 11 is 0. The van der Waals surface area contributed by atoms with Crippen LogP contribution >= 0.6 is 0 Å². The van der Waals surface area contributed by atoms with Gasteiger partial charge in [0.1, 0.15) is 16.6 Å². The fraction of sp³-hybridized carbons (Fsp3) is 0.167. The highest BCUT2D eigenvalue weighted by atomic mass is 15.3. The highest BCUT2D eigenvalue weighted by molar-refractivity contribution is 6.14. The van der Waals surface area contributed by atoms with Crippen LogP contribution in [0.4, 0.5) is 0 Å². The van der Waals surface area contributed by atoms with Crippen LogP contribution in [-0.2, 0) is 7.05 Å². The smallest absolute Gasteiger partial charge is 0.204 e. The monoisotopic (exact) mass is 352 g/mol. The molecule has 132 valence electrons. The molecule has 5 rings (SSSR count). The Morgan fingerprint density at radius 3 is 2.22 bits per heavy atom. The van der Waals surface area contributed by atoms with Crippen molar-refractivity contribution in [1.82, 2.24) is 9.50 Å². The van der Waals surface area contributed by atoms with Gasteiger partial charge in [0.25, 0.3) is 0 Å². The lowest BCUT2D eigenvalue weighted by atomic mass is 9.95. The predicted molar refractivity (Wildman–Crippen MR) is 111 cm³/mol. The maximum absolute atomic E-state index is 4.74. The number of nitrogens with zero attached hydrogens (tertiary/aromatic N) is 3. The molecule has 0 spiro atoms. The zero-order valence-electron chi connectivity index (χ0n) is 16.1. The molecule has 0 fully saturated rings. The fourth-order valence-electron chi connectivity index (χ4n) is 4.44. The van der Waals surface area contributed by atoms with Gasteiger partial charge in [-0.25, -0.2) is 0 Å². The van der Waals surface area contributed by atoms with Crippen molar-refractivity contribution in [2.24, 2.45) is 7.05 Å². The zero-order valence-corrected chi connectivity index (χ0v) is 16.1. The van der Waals surface area contributed by atoms with Gasteiger partial charge in [-0.15, -0.1) is 9.20 Å². The third-order valence-corrected chi connectivity index (χ3v) is 5.62. The fourth-order valence-corrected chi connectivity index (χ4v) is 4.44. The standard InChI is InChI=1S/C24H22N3/c1-15-8-7-9-16(2)21(15)20-14-26(4)27-23-17(3)12-13-25-22(23)18-10-5-6-11-19(18)24(20)27/h5-14H,1-4H3/q+1. The Labute approximate surface area is 158 Å². The molecule has 0 amide bonds. The minimum Gasteiger partial charge on any atom is -0.254 e. The van der Waals surface area contributed by atoms with Crippen molar-refractivity contribution in [2.45, 2.75) is 20.8 Å². The average Bonchev–Trinajstić information content (AvgIpc) is 2.99. The van der Waals surface area contributed by atoms with Gasteiger partial charge in [-0.05, 0) is 49.1 Å². The Balaban J connectivity index is 2.12. The Morgan fingerprint density at radius 2 is 1.48 bits per heavy atom. The van der Waals surface area contributed by atoms with E-state index in [2.05, 4.69) is 91.7 Å². The highest BCUT2D eigenvalue weighted by Crippen LogP contribution is 2.37. The lowest BCUT2D eigenvalue weighted by Gasteiger charge is -2.10. The quantitative estimate of drug-likeness (QED) is 0.305. The maximum Gasteiger partial charge on any atom is 0.204 e. The van der Waals surface area contributed by atoms with Crippen LogP contribution in [0.5, 0.6) is 0 Å². The van der Waals surface area contributed by atoms with Crippen LogP contribution in [0.3, 0.4) is 0 Å². The third-order valence-electron chi connectivity index (χ3n) is 5.62. The molecule has 0 N–H and O–H groups in total. The summed E-state index contributed by atoms with van der Waals surface area (Å²) in [6.07, 6.45) is 4.16. The van der Waals surface area contributed by atoms with Crippen molar-refractivity contribution in [3.63, 3.8) is 0 Å². The van der Waals surface area contributed by atoms with Crippen molar-refractivity contribution in [3.8, 4) is 11.1 Å². The van der Waals surface area contributed by atoms with Gasteiger partial charge in [0.2, 0.25) is 6.20 Å². The Morgan fingerprint density at radius 1 is 0.778 bits per heavy atom. The summed E-state index contributed by atoms with van der Waals surface area (Å²) in [4.78, 5) is 4.74. The molecule has 3 aromatic heterocycles. The van der Waals surface area contributed by atoms with Gasteiger partial charge < -0.3 is 0 Å². The summed E-state index contributed by atoms with van der Waals surface area (Å²) in [6, 6.07) is 17.2. The number of benzene rings is 2. The molecule has 0 unspecified atom stereocenters. The second-order valence-corrected chi connectivity index (χ2v) is 7.41. The number of rotatable bonds is 1. The molecule has 0 aliphatic carbocycles. The van der Waals surface area contributed by atoms with Crippen LogP contribution in [0.1, 0.15) is 16.7 Å². The van der Waals surface area contributed by atoms with Crippen LogP contribution in [0.2, 0.25) is 0 Å². The molecule has 27 heavy (non-hydrogen) atoms. The minimum atomic E-state index is 1.05. The molecule has 0 radical (unpaired) electrons. The first-order valence-corrected chi connectivity index (χ1v) is 9.32. The number of pyridine rings is 2. The third kappa shape index (κ3) is 2.15. The molecule has 0 aliphatic rings. The summed E-state index contributed by atoms with van der Waals surface area (Å²) in [5.41, 5.74) is 9.90. The first-order chi connectivity index (χ1) is 13.1. The highest BCUT2D eigenvalue weighted by Gasteiger charge is 2.23. The summed E-state index contributed by atoms with van der Waals surface area (Å²) in [7, 11) is 2.12. The molecule has 0 atom stereocenters. The zero-order chi connectivity index (χ0) is 18.7. The second kappa shape index (κ2) is 5.65. The van der Waals surface area contributed by atoms with Gasteiger partial charge in [-0.1, -0.05) is 42.5 Å². The molecule has 0 bridgehead atoms. The van der Waals surface area contributed by atoms with Gasteiger partial charge in [0, 0.05) is 17.0 Å². The van der Waals surface area contributed by atoms with E-state index in [9.17, 15) is 0 Å². The summed E-state index contributed by atoms with van der Waals surface area (Å²) in [5, 5.41) is 2.44. The second-order valence-electron chi connectivity index (χ2n) is 7.41. The molecule has 3 nitrogen and oxygen atoms in total. The van der Waals surface area contributed by atoms with E-state index in [0.717, 1.165) is 5.52 Å². The van der Waals surface area contributed by atoms with E-state index in [-0.39, 0.29) is 0 Å². The number of hydrogen-bond acceptors (Lipinski definition) is 1. The first-order valence-electron chi connectivity index (χ1n) is 9.32. The van der Waals surface area contributed by atoms with Crippen LogP contribution in [0.25, 0.3) is 38.4 Å². The van der Waals surface area contributed by atoms with Gasteiger partial charge in [-0.2, -0.15) is 0 Å². The lowest BCUT2D eigenvalue weighted by molar-refractivity contribution is -0.735. The van der Waals surface area contributed by atoms with E-state index in [0.29, 0.717) is 0 Å². The van der Waals surface area contributed by atoms with E-state index in [1.807, 2.05) is 6.20 Å². The number of aryl methyl sites for hydroxylation is 4. The molecule has 0 saturated heterocycles. The van der Waals surface area contributed by atoms with Crippen LogP contribution in [-0.4, -0.2) is 9.50 Å². The Bertz CT molecular complexity index is 1340. The maximum atomic E-state index is 4.74. The van der Waals surface area contributed by atoms with E-state index in [4.69, 9.17) is 4.98 Å². The summed E-state index contributed by atoms with van der Waals surface area (Å²) in [6.45, 7) is 6.56. The minimum absolute atomic E-state index is 1.05. The molecular formula is C24H22N3+. The van der Waals surface area contributed by atoms with Gasteiger partial charge >= 0.3 is 0 Å². The van der Waals surface area contributed by atoms with Crippen molar-refractivity contribution in [3.05, 3.63) is 77.6 Å². The van der Waals surface area contributed by atoms with E-state index in [1.54, 1.807) is 0 Å². The Hall–Kier alpha value is -3.20. The van der Waals surface area contributed by atoms with E-state index < -0.39 is 0 Å². The molecular weight excluding hydrogens is 330 g/mol. The van der Waals surface area contributed by atoms with Crippen molar-refractivity contribution < 1.29 is 4.68 Å². The summed E-state index contributed by atoms with van der Waals surface area (Å²) < 4.78 is 4.52. The first kappa shape index (κ1) is 16.0. The van der Waals surface area contributed by atoms with E-state index in [1.165, 1.54) is 49.6 Å². The van der Waals surface area contributed by atoms with Gasteiger partial charge in [0.15, 0.2) is 7.05 Å². The molecule has 3 heteroatoms. The van der Waals surface area contributed by atoms with Crippen LogP contribution < -0.4 is 4.68 Å². The number of hydrogen-bond donors (Lipinski definition) is 0. The molecule has 0 saturated carbocycles. The topological polar surface area (TPSA) is 21.2 Å². The summed E-state index contributed by atoms with van der Waals surface area (Å²) in [5.74, 6) is 0. The predicted octanol–water partition coefficient (Wildman–Crippen LogP) is 5.06. The van der Waals surface area contributed by atoms with Crippen molar-refractivity contribution in [1.29, 1.82) is 0 Å². The van der Waals surface area contributed by atoms with Crippen LogP contribution in [0.15, 0.2) is 60.9 Å². The molecule has 5 aromatic rings. The normalized spacial score (nSPS) is 11.7.